The second kappa shape index (κ2) is 6.53. The van der Waals surface area contributed by atoms with Crippen molar-refractivity contribution in [1.82, 2.24) is 4.98 Å². The number of nitrogens with zero attached hydrogens (tertiary/aromatic N) is 1. The molecule has 1 aromatic rings. The van der Waals surface area contributed by atoms with Gasteiger partial charge < -0.3 is 0 Å². The highest BCUT2D eigenvalue weighted by atomic mass is 16.1. The molecular weight excluding hydrogens is 150 g/mol. The number of hydrogen-bond acceptors (Lipinski definition) is 2. The molecule has 0 aliphatic heterocycles. The van der Waals surface area contributed by atoms with Gasteiger partial charge in [0.15, 0.2) is 6.29 Å². The van der Waals surface area contributed by atoms with E-state index in [4.69, 9.17) is 0 Å². The van der Waals surface area contributed by atoms with Gasteiger partial charge in [0.2, 0.25) is 0 Å². The van der Waals surface area contributed by atoms with Gasteiger partial charge in [-0.05, 0) is 18.6 Å². The molecule has 1 heterocycles. The fraction of sp³-hybridized carbons (Fsp3) is 0.400. The molecule has 66 valence electrons. The van der Waals surface area contributed by atoms with Crippen LogP contribution in [0, 0.1) is 0 Å². The number of carbonyl (C=O) groups excluding carboxylic acids is 1. The maximum absolute atomic E-state index is 10.2. The second-order valence-corrected chi connectivity index (χ2v) is 2.03. The lowest BCUT2D eigenvalue weighted by Crippen LogP contribution is -1.90. The summed E-state index contributed by atoms with van der Waals surface area (Å²) in [6.45, 7) is 6.01. The quantitative estimate of drug-likeness (QED) is 0.630. The van der Waals surface area contributed by atoms with Crippen LogP contribution in [0.3, 0.4) is 0 Å². The predicted octanol–water partition coefficient (Wildman–Crippen LogP) is 2.48. The molecule has 2 heteroatoms. The van der Waals surface area contributed by atoms with Crippen LogP contribution in [0.1, 0.15) is 37.0 Å². The summed E-state index contributed by atoms with van der Waals surface area (Å²) in [7, 11) is 0. The molecule has 0 aliphatic carbocycles. The largest absolute Gasteiger partial charge is 0.296 e. The highest BCUT2D eigenvalue weighted by molar-refractivity contribution is 5.71. The summed E-state index contributed by atoms with van der Waals surface area (Å²) in [5.41, 5.74) is 1.48. The molecular formula is C10H15NO. The summed E-state index contributed by atoms with van der Waals surface area (Å²) in [5.74, 6) is 0. The van der Waals surface area contributed by atoms with Crippen LogP contribution in [0.2, 0.25) is 0 Å². The van der Waals surface area contributed by atoms with E-state index in [0.29, 0.717) is 5.69 Å². The van der Waals surface area contributed by atoms with Crippen LogP contribution in [-0.4, -0.2) is 11.3 Å². The third-order valence-electron chi connectivity index (χ3n) is 1.31. The minimum atomic E-state index is 0.513. The number of pyridine rings is 1. The van der Waals surface area contributed by atoms with Crippen molar-refractivity contribution < 1.29 is 4.79 Å². The van der Waals surface area contributed by atoms with Gasteiger partial charge in [-0.15, -0.1) is 0 Å². The number of rotatable bonds is 2. The van der Waals surface area contributed by atoms with Gasteiger partial charge in [-0.3, -0.25) is 9.78 Å². The monoisotopic (exact) mass is 165 g/mol. The first-order valence-corrected chi connectivity index (χ1v) is 4.28. The number of hydrogen-bond donors (Lipinski definition) is 0. The standard InChI is InChI=1S/C8H9NO.C2H6/c1-2-7-4-3-5-8(6-10)9-7;1-2/h3-6H,2H2,1H3;1-2H3. The summed E-state index contributed by atoms with van der Waals surface area (Å²) in [5, 5.41) is 0. The van der Waals surface area contributed by atoms with E-state index in [1.54, 1.807) is 6.07 Å². The Labute approximate surface area is 73.6 Å². The van der Waals surface area contributed by atoms with Crippen LogP contribution in [0.4, 0.5) is 0 Å². The molecule has 1 rings (SSSR count). The van der Waals surface area contributed by atoms with E-state index in [1.165, 1.54) is 0 Å². The first kappa shape index (κ1) is 10.8. The lowest BCUT2D eigenvalue weighted by Gasteiger charge is -1.93. The molecule has 0 atom stereocenters. The van der Waals surface area contributed by atoms with Crippen molar-refractivity contribution in [2.45, 2.75) is 27.2 Å². The van der Waals surface area contributed by atoms with Crippen molar-refractivity contribution in [2.75, 3.05) is 0 Å². The van der Waals surface area contributed by atoms with E-state index in [-0.39, 0.29) is 0 Å². The van der Waals surface area contributed by atoms with Crippen LogP contribution >= 0.6 is 0 Å². The molecule has 12 heavy (non-hydrogen) atoms. The van der Waals surface area contributed by atoms with Crippen LogP contribution in [0.25, 0.3) is 0 Å². The van der Waals surface area contributed by atoms with Gasteiger partial charge in [-0.25, -0.2) is 0 Å². The molecule has 0 aliphatic rings. The summed E-state index contributed by atoms with van der Waals surface area (Å²) in [6.07, 6.45) is 1.64. The lowest BCUT2D eigenvalue weighted by atomic mass is 10.3. The number of aldehydes is 1. The smallest absolute Gasteiger partial charge is 0.168 e. The minimum absolute atomic E-state index is 0.513. The summed E-state index contributed by atoms with van der Waals surface area (Å²) < 4.78 is 0. The van der Waals surface area contributed by atoms with Crippen LogP contribution in [0.5, 0.6) is 0 Å². The summed E-state index contributed by atoms with van der Waals surface area (Å²) in [6, 6.07) is 5.45. The van der Waals surface area contributed by atoms with E-state index in [0.717, 1.165) is 18.4 Å². The Hall–Kier alpha value is -1.18. The molecule has 1 aromatic heterocycles. The van der Waals surface area contributed by atoms with Gasteiger partial charge in [0.1, 0.15) is 5.69 Å². The fourth-order valence-electron chi connectivity index (χ4n) is 0.761. The third-order valence-corrected chi connectivity index (χ3v) is 1.31. The molecule has 0 spiro atoms. The van der Waals surface area contributed by atoms with Gasteiger partial charge in [-0.1, -0.05) is 26.8 Å². The number of aromatic nitrogens is 1. The second-order valence-electron chi connectivity index (χ2n) is 2.03. The molecule has 0 amide bonds. The molecule has 0 saturated carbocycles. The van der Waals surface area contributed by atoms with Gasteiger partial charge >= 0.3 is 0 Å². The maximum atomic E-state index is 10.2. The number of aryl methyl sites for hydroxylation is 1. The topological polar surface area (TPSA) is 30.0 Å². The van der Waals surface area contributed by atoms with Gasteiger partial charge in [0, 0.05) is 5.69 Å². The molecule has 0 N–H and O–H groups in total. The first-order chi connectivity index (χ1) is 5.86. The van der Waals surface area contributed by atoms with Crippen molar-refractivity contribution in [3.63, 3.8) is 0 Å². The summed E-state index contributed by atoms with van der Waals surface area (Å²) >= 11 is 0. The van der Waals surface area contributed by atoms with Crippen molar-refractivity contribution in [1.29, 1.82) is 0 Å². The molecule has 0 unspecified atom stereocenters. The highest BCUT2D eigenvalue weighted by Gasteiger charge is 1.91. The average molecular weight is 165 g/mol. The Kier molecular flexibility index (Phi) is 5.88. The van der Waals surface area contributed by atoms with E-state index < -0.39 is 0 Å². The zero-order valence-corrected chi connectivity index (χ0v) is 7.87. The Morgan fingerprint density at radius 3 is 2.58 bits per heavy atom. The SMILES string of the molecule is CC.CCc1cccc(C=O)n1. The van der Waals surface area contributed by atoms with Crippen molar-refractivity contribution in [3.8, 4) is 0 Å². The third kappa shape index (κ3) is 3.28. The lowest BCUT2D eigenvalue weighted by molar-refractivity contribution is 0.111. The Morgan fingerprint density at radius 1 is 1.42 bits per heavy atom. The molecule has 0 fully saturated rings. The van der Waals surface area contributed by atoms with Crippen LogP contribution in [-0.2, 0) is 6.42 Å². The van der Waals surface area contributed by atoms with E-state index in [1.807, 2.05) is 32.9 Å². The van der Waals surface area contributed by atoms with E-state index in [9.17, 15) is 4.79 Å². The molecule has 0 radical (unpaired) electrons. The molecule has 2 nitrogen and oxygen atoms in total. The van der Waals surface area contributed by atoms with Crippen LogP contribution in [0.15, 0.2) is 18.2 Å². The van der Waals surface area contributed by atoms with Gasteiger partial charge in [0.25, 0.3) is 0 Å². The molecule has 0 aromatic carbocycles. The number of carbonyl (C=O) groups is 1. The molecule has 0 saturated heterocycles. The first-order valence-electron chi connectivity index (χ1n) is 4.28. The average Bonchev–Trinajstić information content (AvgIpc) is 2.21. The zero-order chi connectivity index (χ0) is 9.40. The molecule has 0 bridgehead atoms. The Morgan fingerprint density at radius 2 is 2.08 bits per heavy atom. The highest BCUT2D eigenvalue weighted by Crippen LogP contribution is 1.96. The minimum Gasteiger partial charge on any atom is -0.296 e. The maximum Gasteiger partial charge on any atom is 0.168 e. The Bertz CT molecular complexity index is 233. The van der Waals surface area contributed by atoms with Crippen LogP contribution < -0.4 is 0 Å². The van der Waals surface area contributed by atoms with Gasteiger partial charge in [0.05, 0.1) is 0 Å². The predicted molar refractivity (Wildman–Crippen MR) is 50.4 cm³/mol. The van der Waals surface area contributed by atoms with E-state index in [2.05, 4.69) is 4.98 Å². The van der Waals surface area contributed by atoms with Crippen molar-refractivity contribution >= 4 is 6.29 Å². The van der Waals surface area contributed by atoms with Crippen molar-refractivity contribution in [2.24, 2.45) is 0 Å². The normalized spacial score (nSPS) is 8.25. The fourth-order valence-corrected chi connectivity index (χ4v) is 0.761. The zero-order valence-electron chi connectivity index (χ0n) is 7.87. The van der Waals surface area contributed by atoms with Gasteiger partial charge in [-0.2, -0.15) is 0 Å². The van der Waals surface area contributed by atoms with E-state index >= 15 is 0 Å². The Balaban J connectivity index is 0.000000561. The van der Waals surface area contributed by atoms with Crippen molar-refractivity contribution in [3.05, 3.63) is 29.6 Å². The summed E-state index contributed by atoms with van der Waals surface area (Å²) in [4.78, 5) is 14.3.